The minimum atomic E-state index is -0.579. The van der Waals surface area contributed by atoms with Crippen molar-refractivity contribution in [2.45, 2.75) is 13.5 Å². The first-order chi connectivity index (χ1) is 5.65. The van der Waals surface area contributed by atoms with Crippen molar-refractivity contribution in [2.75, 3.05) is 0 Å². The van der Waals surface area contributed by atoms with Gasteiger partial charge < -0.3 is 10.8 Å². The van der Waals surface area contributed by atoms with E-state index < -0.39 is 5.91 Å². The fourth-order valence-corrected chi connectivity index (χ4v) is 0.871. The van der Waals surface area contributed by atoms with Crippen LogP contribution in [0.5, 0.6) is 0 Å². The number of aryl methyl sites for hydroxylation is 1. The number of hydrogen-bond acceptors (Lipinski definition) is 3. The molecule has 0 radical (unpaired) electrons. The van der Waals surface area contributed by atoms with Crippen LogP contribution in [0.1, 0.15) is 21.6 Å². The first-order valence-electron chi connectivity index (χ1n) is 3.51. The molecule has 0 saturated carbocycles. The van der Waals surface area contributed by atoms with Gasteiger partial charge in [0.25, 0.3) is 5.91 Å². The van der Waals surface area contributed by atoms with E-state index >= 15 is 0 Å². The highest BCUT2D eigenvalue weighted by atomic mass is 16.3. The Morgan fingerprint density at radius 1 is 1.75 bits per heavy atom. The van der Waals surface area contributed by atoms with Crippen LogP contribution >= 0.6 is 0 Å². The highest BCUT2D eigenvalue weighted by Gasteiger charge is 2.04. The van der Waals surface area contributed by atoms with Crippen molar-refractivity contribution in [1.82, 2.24) is 4.98 Å². The zero-order valence-corrected chi connectivity index (χ0v) is 6.74. The molecular weight excluding hydrogens is 156 g/mol. The minimum absolute atomic E-state index is 0.103. The van der Waals surface area contributed by atoms with E-state index in [-0.39, 0.29) is 12.3 Å². The van der Waals surface area contributed by atoms with Crippen molar-refractivity contribution in [3.63, 3.8) is 0 Å². The molecule has 4 heteroatoms. The molecule has 4 nitrogen and oxygen atoms in total. The molecule has 1 rings (SSSR count). The third kappa shape index (κ3) is 1.60. The molecule has 64 valence electrons. The maximum atomic E-state index is 10.7. The Balaban J connectivity index is 3.13. The Hall–Kier alpha value is -1.42. The molecule has 0 atom stereocenters. The zero-order valence-electron chi connectivity index (χ0n) is 6.74. The molecule has 0 aliphatic heterocycles. The molecule has 12 heavy (non-hydrogen) atoms. The molecule has 1 amide bonds. The summed E-state index contributed by atoms with van der Waals surface area (Å²) in [5.41, 5.74) is 6.72. The lowest BCUT2D eigenvalue weighted by atomic mass is 10.1. The summed E-state index contributed by atoms with van der Waals surface area (Å²) in [6, 6.07) is 1.50. The Bertz CT molecular complexity index is 310. The molecule has 0 aliphatic carbocycles. The van der Waals surface area contributed by atoms with Gasteiger partial charge in [0, 0.05) is 6.20 Å². The van der Waals surface area contributed by atoms with Crippen LogP contribution in [-0.2, 0) is 6.61 Å². The molecule has 0 spiro atoms. The van der Waals surface area contributed by atoms with Gasteiger partial charge >= 0.3 is 0 Å². The summed E-state index contributed by atoms with van der Waals surface area (Å²) in [5.74, 6) is -0.579. The summed E-state index contributed by atoms with van der Waals surface area (Å²) < 4.78 is 0. The molecule has 0 unspecified atom stereocenters. The van der Waals surface area contributed by atoms with E-state index in [1.165, 1.54) is 12.3 Å². The number of amides is 1. The van der Waals surface area contributed by atoms with E-state index in [1.54, 1.807) is 0 Å². The first kappa shape index (κ1) is 8.67. The first-order valence-corrected chi connectivity index (χ1v) is 3.51. The van der Waals surface area contributed by atoms with Crippen LogP contribution in [0.4, 0.5) is 0 Å². The van der Waals surface area contributed by atoms with Gasteiger partial charge in [-0.05, 0) is 24.1 Å². The zero-order chi connectivity index (χ0) is 9.14. The summed E-state index contributed by atoms with van der Waals surface area (Å²) in [6.07, 6.45) is 1.52. The quantitative estimate of drug-likeness (QED) is 0.648. The lowest BCUT2D eigenvalue weighted by Gasteiger charge is -2.02. The van der Waals surface area contributed by atoms with Crippen LogP contribution in [0.15, 0.2) is 12.3 Å². The number of hydrogen-bond donors (Lipinski definition) is 2. The number of primary amides is 1. The summed E-state index contributed by atoms with van der Waals surface area (Å²) in [4.78, 5) is 14.5. The van der Waals surface area contributed by atoms with Crippen molar-refractivity contribution in [1.29, 1.82) is 0 Å². The van der Waals surface area contributed by atoms with Gasteiger partial charge in [-0.2, -0.15) is 0 Å². The predicted molar refractivity (Wildman–Crippen MR) is 43.4 cm³/mol. The maximum Gasteiger partial charge on any atom is 0.267 e. The Labute approximate surface area is 70.0 Å². The van der Waals surface area contributed by atoms with Crippen LogP contribution in [0.3, 0.4) is 0 Å². The SMILES string of the molecule is Cc1cnc(C(N)=O)cc1CO. The van der Waals surface area contributed by atoms with Crippen LogP contribution in [0, 0.1) is 6.92 Å². The molecule has 0 aliphatic rings. The van der Waals surface area contributed by atoms with Crippen molar-refractivity contribution in [3.8, 4) is 0 Å². The van der Waals surface area contributed by atoms with Gasteiger partial charge in [-0.15, -0.1) is 0 Å². The molecule has 3 N–H and O–H groups in total. The number of pyridine rings is 1. The van der Waals surface area contributed by atoms with Gasteiger partial charge in [-0.25, -0.2) is 0 Å². The summed E-state index contributed by atoms with van der Waals surface area (Å²) in [7, 11) is 0. The molecule has 1 aromatic rings. The molecular formula is C8H10N2O2. The van der Waals surface area contributed by atoms with E-state index in [1.807, 2.05) is 6.92 Å². The van der Waals surface area contributed by atoms with Crippen molar-refractivity contribution in [3.05, 3.63) is 29.1 Å². The average molecular weight is 166 g/mol. The van der Waals surface area contributed by atoms with Gasteiger partial charge in [-0.1, -0.05) is 0 Å². The summed E-state index contributed by atoms with van der Waals surface area (Å²) in [6.45, 7) is 1.71. The van der Waals surface area contributed by atoms with Crippen LogP contribution in [-0.4, -0.2) is 16.0 Å². The number of nitrogens with zero attached hydrogens (tertiary/aromatic N) is 1. The number of carbonyl (C=O) groups is 1. The number of carbonyl (C=O) groups excluding carboxylic acids is 1. The molecule has 0 saturated heterocycles. The van der Waals surface area contributed by atoms with Crippen molar-refractivity contribution >= 4 is 5.91 Å². The molecule has 0 fully saturated rings. The van der Waals surface area contributed by atoms with Crippen LogP contribution in [0.25, 0.3) is 0 Å². The third-order valence-corrected chi connectivity index (χ3v) is 1.64. The average Bonchev–Trinajstić information content (AvgIpc) is 2.05. The Morgan fingerprint density at radius 3 is 2.92 bits per heavy atom. The third-order valence-electron chi connectivity index (χ3n) is 1.64. The molecule has 0 bridgehead atoms. The van der Waals surface area contributed by atoms with Gasteiger partial charge in [0.1, 0.15) is 5.69 Å². The largest absolute Gasteiger partial charge is 0.392 e. The van der Waals surface area contributed by atoms with Crippen molar-refractivity contribution < 1.29 is 9.90 Å². The lowest BCUT2D eigenvalue weighted by molar-refractivity contribution is 0.0995. The van der Waals surface area contributed by atoms with Crippen molar-refractivity contribution in [2.24, 2.45) is 5.73 Å². The van der Waals surface area contributed by atoms with Gasteiger partial charge in [0.2, 0.25) is 0 Å². The van der Waals surface area contributed by atoms with E-state index in [4.69, 9.17) is 10.8 Å². The molecule has 0 aromatic carbocycles. The monoisotopic (exact) mass is 166 g/mol. The maximum absolute atomic E-state index is 10.7. The number of nitrogens with two attached hydrogens (primary N) is 1. The molecule has 1 aromatic heterocycles. The highest BCUT2D eigenvalue weighted by molar-refractivity contribution is 5.90. The van der Waals surface area contributed by atoms with E-state index in [0.29, 0.717) is 5.56 Å². The standard InChI is InChI=1S/C8H10N2O2/c1-5-3-10-7(8(9)12)2-6(5)4-11/h2-3,11H,4H2,1H3,(H2,9,12). The number of aliphatic hydroxyl groups is 1. The fraction of sp³-hybridized carbons (Fsp3) is 0.250. The lowest BCUT2D eigenvalue weighted by Crippen LogP contribution is -2.13. The van der Waals surface area contributed by atoms with Gasteiger partial charge in [0.15, 0.2) is 0 Å². The predicted octanol–water partition coefficient (Wildman–Crippen LogP) is -0.0188. The Kier molecular flexibility index (Phi) is 2.40. The van der Waals surface area contributed by atoms with Crippen LogP contribution < -0.4 is 5.73 Å². The minimum Gasteiger partial charge on any atom is -0.392 e. The van der Waals surface area contributed by atoms with Gasteiger partial charge in [0.05, 0.1) is 6.61 Å². The second kappa shape index (κ2) is 3.32. The number of aliphatic hydroxyl groups excluding tert-OH is 1. The van der Waals surface area contributed by atoms with Gasteiger partial charge in [-0.3, -0.25) is 9.78 Å². The number of aromatic nitrogens is 1. The molecule has 1 heterocycles. The number of rotatable bonds is 2. The van der Waals surface area contributed by atoms with E-state index in [9.17, 15) is 4.79 Å². The fourth-order valence-electron chi connectivity index (χ4n) is 0.871. The van der Waals surface area contributed by atoms with E-state index in [2.05, 4.69) is 4.98 Å². The van der Waals surface area contributed by atoms with Crippen LogP contribution in [0.2, 0.25) is 0 Å². The Morgan fingerprint density at radius 2 is 2.42 bits per heavy atom. The second-order valence-corrected chi connectivity index (χ2v) is 2.52. The second-order valence-electron chi connectivity index (χ2n) is 2.52. The smallest absolute Gasteiger partial charge is 0.267 e. The normalized spacial score (nSPS) is 9.83. The topological polar surface area (TPSA) is 76.2 Å². The highest BCUT2D eigenvalue weighted by Crippen LogP contribution is 2.07. The van der Waals surface area contributed by atoms with E-state index in [0.717, 1.165) is 5.56 Å². The summed E-state index contributed by atoms with van der Waals surface area (Å²) >= 11 is 0. The summed E-state index contributed by atoms with van der Waals surface area (Å²) in [5, 5.41) is 8.84.